The molecule has 0 radical (unpaired) electrons. The Morgan fingerprint density at radius 2 is 1.69 bits per heavy atom. The van der Waals surface area contributed by atoms with Crippen molar-refractivity contribution in [1.29, 1.82) is 0 Å². The first-order chi connectivity index (χ1) is 19.0. The molecule has 0 atom stereocenters. The zero-order valence-electron chi connectivity index (χ0n) is 21.8. The SMILES string of the molecule is Cc1cccc(COc2ccc(/C=N/NC(=O)c3ccc(-n4c(C)ccc4-c4ccccc4)cc3)cc2Br)c1. The maximum atomic E-state index is 12.7. The molecule has 4 aromatic carbocycles. The van der Waals surface area contributed by atoms with Crippen LogP contribution in [0.1, 0.15) is 32.7 Å². The van der Waals surface area contributed by atoms with E-state index >= 15 is 0 Å². The molecule has 194 valence electrons. The van der Waals surface area contributed by atoms with E-state index in [4.69, 9.17) is 4.74 Å². The number of nitrogens with zero attached hydrogens (tertiary/aromatic N) is 2. The van der Waals surface area contributed by atoms with Crippen LogP contribution in [0.25, 0.3) is 16.9 Å². The van der Waals surface area contributed by atoms with Crippen molar-refractivity contribution < 1.29 is 9.53 Å². The highest BCUT2D eigenvalue weighted by Gasteiger charge is 2.11. The number of aromatic nitrogens is 1. The van der Waals surface area contributed by atoms with Gasteiger partial charge in [-0.25, -0.2) is 5.43 Å². The summed E-state index contributed by atoms with van der Waals surface area (Å²) < 4.78 is 8.94. The predicted molar refractivity (Wildman–Crippen MR) is 161 cm³/mol. The van der Waals surface area contributed by atoms with Crippen LogP contribution in [-0.4, -0.2) is 16.7 Å². The van der Waals surface area contributed by atoms with Crippen molar-refractivity contribution in [2.75, 3.05) is 0 Å². The second kappa shape index (κ2) is 12.0. The summed E-state index contributed by atoms with van der Waals surface area (Å²) in [6.07, 6.45) is 1.61. The first-order valence-corrected chi connectivity index (χ1v) is 13.4. The highest BCUT2D eigenvalue weighted by Crippen LogP contribution is 2.27. The molecule has 5 rings (SSSR count). The van der Waals surface area contributed by atoms with Crippen molar-refractivity contribution in [3.8, 4) is 22.7 Å². The summed E-state index contributed by atoms with van der Waals surface area (Å²) in [5.41, 5.74) is 10.6. The Bertz CT molecular complexity index is 1620. The smallest absolute Gasteiger partial charge is 0.271 e. The molecule has 5 nitrogen and oxygen atoms in total. The van der Waals surface area contributed by atoms with E-state index in [0.29, 0.717) is 12.2 Å². The quantitative estimate of drug-likeness (QED) is 0.151. The Morgan fingerprint density at radius 3 is 2.44 bits per heavy atom. The number of hydrazone groups is 1. The van der Waals surface area contributed by atoms with Gasteiger partial charge in [0.05, 0.1) is 16.4 Å². The molecule has 0 saturated carbocycles. The van der Waals surface area contributed by atoms with Crippen LogP contribution < -0.4 is 10.2 Å². The molecule has 1 heterocycles. The van der Waals surface area contributed by atoms with E-state index in [9.17, 15) is 4.79 Å². The maximum absolute atomic E-state index is 12.7. The van der Waals surface area contributed by atoms with Gasteiger partial charge < -0.3 is 9.30 Å². The van der Waals surface area contributed by atoms with E-state index in [-0.39, 0.29) is 5.91 Å². The number of benzene rings is 4. The van der Waals surface area contributed by atoms with Crippen LogP contribution in [-0.2, 0) is 6.61 Å². The van der Waals surface area contributed by atoms with E-state index in [2.05, 4.69) is 81.3 Å². The lowest BCUT2D eigenvalue weighted by molar-refractivity contribution is 0.0955. The van der Waals surface area contributed by atoms with E-state index in [1.165, 1.54) is 5.56 Å². The summed E-state index contributed by atoms with van der Waals surface area (Å²) in [7, 11) is 0. The molecular formula is C33H28BrN3O2. The molecule has 5 aromatic rings. The summed E-state index contributed by atoms with van der Waals surface area (Å²) in [6, 6.07) is 35.9. The second-order valence-electron chi connectivity index (χ2n) is 9.27. The molecule has 0 bridgehead atoms. The zero-order valence-corrected chi connectivity index (χ0v) is 23.4. The molecule has 0 aliphatic carbocycles. The number of carbonyl (C=O) groups is 1. The number of amides is 1. The zero-order chi connectivity index (χ0) is 27.2. The third kappa shape index (κ3) is 6.36. The van der Waals surface area contributed by atoms with Crippen molar-refractivity contribution >= 4 is 28.1 Å². The lowest BCUT2D eigenvalue weighted by atomic mass is 10.1. The summed E-state index contributed by atoms with van der Waals surface area (Å²) in [6.45, 7) is 4.62. The summed E-state index contributed by atoms with van der Waals surface area (Å²) in [4.78, 5) is 12.7. The van der Waals surface area contributed by atoms with Crippen molar-refractivity contribution in [1.82, 2.24) is 9.99 Å². The van der Waals surface area contributed by atoms with Crippen LogP contribution >= 0.6 is 15.9 Å². The van der Waals surface area contributed by atoms with Gasteiger partial charge in [-0.3, -0.25) is 4.79 Å². The Morgan fingerprint density at radius 1 is 0.897 bits per heavy atom. The Hall–Kier alpha value is -4.42. The summed E-state index contributed by atoms with van der Waals surface area (Å²) in [5.74, 6) is 0.466. The average Bonchev–Trinajstić information content (AvgIpc) is 3.34. The minimum absolute atomic E-state index is 0.275. The molecule has 1 N–H and O–H groups in total. The number of halogens is 1. The Kier molecular flexibility index (Phi) is 8.04. The average molecular weight is 579 g/mol. The molecule has 0 saturated heterocycles. The van der Waals surface area contributed by atoms with Gasteiger partial charge in [0.1, 0.15) is 12.4 Å². The summed E-state index contributed by atoms with van der Waals surface area (Å²) >= 11 is 3.56. The van der Waals surface area contributed by atoms with Gasteiger partial charge in [0.15, 0.2) is 0 Å². The molecule has 0 aliphatic heterocycles. The molecular weight excluding hydrogens is 550 g/mol. The maximum Gasteiger partial charge on any atom is 0.271 e. The van der Waals surface area contributed by atoms with Gasteiger partial charge in [0, 0.05) is 16.9 Å². The highest BCUT2D eigenvalue weighted by molar-refractivity contribution is 9.10. The van der Waals surface area contributed by atoms with Crippen molar-refractivity contribution in [3.63, 3.8) is 0 Å². The van der Waals surface area contributed by atoms with Crippen molar-refractivity contribution in [2.45, 2.75) is 20.5 Å². The van der Waals surface area contributed by atoms with E-state index in [0.717, 1.165) is 44.0 Å². The van der Waals surface area contributed by atoms with E-state index < -0.39 is 0 Å². The minimum Gasteiger partial charge on any atom is -0.488 e. The van der Waals surface area contributed by atoms with Gasteiger partial charge in [0.25, 0.3) is 5.91 Å². The first-order valence-electron chi connectivity index (χ1n) is 12.6. The van der Waals surface area contributed by atoms with Gasteiger partial charge >= 0.3 is 0 Å². The Labute approximate surface area is 236 Å². The fraction of sp³-hybridized carbons (Fsp3) is 0.0909. The molecule has 0 aliphatic rings. The molecule has 39 heavy (non-hydrogen) atoms. The fourth-order valence-corrected chi connectivity index (χ4v) is 4.90. The third-order valence-electron chi connectivity index (χ3n) is 6.35. The second-order valence-corrected chi connectivity index (χ2v) is 10.1. The van der Waals surface area contributed by atoms with Crippen LogP contribution in [0, 0.1) is 13.8 Å². The number of carbonyl (C=O) groups excluding carboxylic acids is 1. The predicted octanol–water partition coefficient (Wildman–Crippen LogP) is 7.87. The topological polar surface area (TPSA) is 55.6 Å². The van der Waals surface area contributed by atoms with Gasteiger partial charge in [-0.15, -0.1) is 0 Å². The van der Waals surface area contributed by atoms with Crippen molar-refractivity contribution in [3.05, 3.63) is 142 Å². The highest BCUT2D eigenvalue weighted by atomic mass is 79.9. The lowest BCUT2D eigenvalue weighted by Crippen LogP contribution is -2.17. The van der Waals surface area contributed by atoms with Crippen LogP contribution in [0.15, 0.2) is 119 Å². The normalized spacial score (nSPS) is 11.1. The van der Waals surface area contributed by atoms with Crippen LogP contribution in [0.2, 0.25) is 0 Å². The lowest BCUT2D eigenvalue weighted by Gasteiger charge is -2.12. The monoisotopic (exact) mass is 577 g/mol. The Balaban J connectivity index is 1.21. The van der Waals surface area contributed by atoms with Crippen LogP contribution in [0.5, 0.6) is 5.75 Å². The molecule has 0 fully saturated rings. The molecule has 0 spiro atoms. The van der Waals surface area contributed by atoms with E-state index in [1.54, 1.807) is 6.21 Å². The van der Waals surface area contributed by atoms with Gasteiger partial charge in [-0.05, 0) is 101 Å². The van der Waals surface area contributed by atoms with Gasteiger partial charge in [-0.2, -0.15) is 5.10 Å². The standard InChI is InChI=1S/C33H28BrN3O2/c1-23-7-6-8-26(19-23)22-39-32-18-12-25(20-30(32)34)21-35-36-33(38)28-13-15-29(16-14-28)37-24(2)11-17-31(37)27-9-4-3-5-10-27/h3-21H,22H2,1-2H3,(H,36,38)/b35-21+. The number of hydrogen-bond acceptors (Lipinski definition) is 3. The summed E-state index contributed by atoms with van der Waals surface area (Å²) in [5, 5.41) is 4.14. The van der Waals surface area contributed by atoms with Crippen LogP contribution in [0.4, 0.5) is 0 Å². The van der Waals surface area contributed by atoms with E-state index in [1.807, 2.05) is 72.8 Å². The van der Waals surface area contributed by atoms with Crippen molar-refractivity contribution in [2.24, 2.45) is 5.10 Å². The number of hydrogen-bond donors (Lipinski definition) is 1. The van der Waals surface area contributed by atoms with Crippen LogP contribution in [0.3, 0.4) is 0 Å². The first kappa shape index (κ1) is 26.2. The molecule has 0 unspecified atom stereocenters. The molecule has 6 heteroatoms. The number of ether oxygens (including phenoxy) is 1. The van der Waals surface area contributed by atoms with Gasteiger partial charge in [-0.1, -0.05) is 60.2 Å². The number of aryl methyl sites for hydroxylation is 2. The fourth-order valence-electron chi connectivity index (χ4n) is 4.38. The number of nitrogens with one attached hydrogen (secondary N) is 1. The molecule has 1 amide bonds. The van der Waals surface area contributed by atoms with Gasteiger partial charge in [0.2, 0.25) is 0 Å². The third-order valence-corrected chi connectivity index (χ3v) is 6.97. The molecule has 1 aromatic heterocycles. The number of rotatable bonds is 8. The largest absolute Gasteiger partial charge is 0.488 e. The minimum atomic E-state index is -0.275.